The average molecular weight is 354 g/mol. The van der Waals surface area contributed by atoms with E-state index in [0.717, 1.165) is 19.3 Å². The Morgan fingerprint density at radius 1 is 1.31 bits per heavy atom. The molecule has 136 valence electrons. The molecule has 2 atom stereocenters. The van der Waals surface area contributed by atoms with Crippen LogP contribution in [0.2, 0.25) is 0 Å². The van der Waals surface area contributed by atoms with Crippen molar-refractivity contribution in [3.8, 4) is 5.75 Å². The molecular formula is C20H22N2O4. The lowest BCUT2D eigenvalue weighted by molar-refractivity contribution is -0.385. The van der Waals surface area contributed by atoms with Gasteiger partial charge in [0, 0.05) is 11.6 Å². The van der Waals surface area contributed by atoms with Gasteiger partial charge in [0.15, 0.2) is 6.10 Å². The van der Waals surface area contributed by atoms with Gasteiger partial charge in [0.1, 0.15) is 5.75 Å². The first-order valence-electron chi connectivity index (χ1n) is 8.75. The number of nitro groups is 1. The van der Waals surface area contributed by atoms with Gasteiger partial charge >= 0.3 is 0 Å². The highest BCUT2D eigenvalue weighted by Gasteiger charge is 2.24. The summed E-state index contributed by atoms with van der Waals surface area (Å²) in [5.41, 5.74) is 2.99. The number of nitrogens with zero attached hydrogens (tertiary/aromatic N) is 1. The molecule has 26 heavy (non-hydrogen) atoms. The van der Waals surface area contributed by atoms with Crippen molar-refractivity contribution in [1.29, 1.82) is 0 Å². The van der Waals surface area contributed by atoms with E-state index in [-0.39, 0.29) is 17.6 Å². The van der Waals surface area contributed by atoms with Crippen LogP contribution in [0.15, 0.2) is 42.5 Å². The van der Waals surface area contributed by atoms with E-state index in [9.17, 15) is 14.9 Å². The lowest BCUT2D eigenvalue weighted by Crippen LogP contribution is -2.39. The minimum atomic E-state index is -0.690. The molecule has 0 spiro atoms. The number of rotatable bonds is 5. The normalized spacial score (nSPS) is 17.1. The fraction of sp³-hybridized carbons (Fsp3) is 0.350. The molecule has 6 heteroatoms. The van der Waals surface area contributed by atoms with Crippen LogP contribution in [0.25, 0.3) is 0 Å². The highest BCUT2D eigenvalue weighted by Crippen LogP contribution is 2.29. The first kappa shape index (κ1) is 17.9. The van der Waals surface area contributed by atoms with Gasteiger partial charge in [-0.15, -0.1) is 0 Å². The fourth-order valence-electron chi connectivity index (χ4n) is 3.36. The molecule has 3 rings (SSSR count). The van der Waals surface area contributed by atoms with Crippen LogP contribution in [0.3, 0.4) is 0 Å². The second-order valence-corrected chi connectivity index (χ2v) is 6.62. The van der Waals surface area contributed by atoms with Gasteiger partial charge in [-0.2, -0.15) is 0 Å². The van der Waals surface area contributed by atoms with Gasteiger partial charge in [-0.25, -0.2) is 0 Å². The van der Waals surface area contributed by atoms with Crippen LogP contribution in [-0.2, 0) is 11.2 Å². The molecule has 0 saturated heterocycles. The third kappa shape index (κ3) is 3.85. The molecule has 0 saturated carbocycles. The van der Waals surface area contributed by atoms with Crippen molar-refractivity contribution in [1.82, 2.24) is 5.32 Å². The molecule has 0 aromatic heterocycles. The van der Waals surface area contributed by atoms with Crippen molar-refractivity contribution in [3.63, 3.8) is 0 Å². The summed E-state index contributed by atoms with van der Waals surface area (Å²) in [4.78, 5) is 23.0. The number of ether oxygens (including phenoxy) is 1. The number of nitrogens with one attached hydrogen (secondary N) is 1. The first-order valence-corrected chi connectivity index (χ1v) is 8.75. The number of amides is 1. The maximum absolute atomic E-state index is 12.5. The van der Waals surface area contributed by atoms with Crippen LogP contribution in [0, 0.1) is 17.0 Å². The van der Waals surface area contributed by atoms with E-state index in [1.807, 2.05) is 12.1 Å². The molecule has 1 aliphatic carbocycles. The lowest BCUT2D eigenvalue weighted by atomic mass is 9.87. The second kappa shape index (κ2) is 7.56. The minimum absolute atomic E-state index is 0.00269. The van der Waals surface area contributed by atoms with Crippen LogP contribution < -0.4 is 10.1 Å². The molecule has 6 nitrogen and oxygen atoms in total. The smallest absolute Gasteiger partial charge is 0.272 e. The molecule has 0 heterocycles. The van der Waals surface area contributed by atoms with Gasteiger partial charge in [-0.3, -0.25) is 14.9 Å². The van der Waals surface area contributed by atoms with Gasteiger partial charge in [-0.1, -0.05) is 24.3 Å². The van der Waals surface area contributed by atoms with Crippen LogP contribution >= 0.6 is 0 Å². The van der Waals surface area contributed by atoms with Gasteiger partial charge in [-0.05, 0) is 56.4 Å². The Bertz CT molecular complexity index is 834. The largest absolute Gasteiger partial charge is 0.481 e. The molecule has 0 aliphatic heterocycles. The van der Waals surface area contributed by atoms with E-state index in [0.29, 0.717) is 11.3 Å². The van der Waals surface area contributed by atoms with E-state index in [1.165, 1.54) is 23.3 Å². The van der Waals surface area contributed by atoms with Crippen molar-refractivity contribution < 1.29 is 14.5 Å². The van der Waals surface area contributed by atoms with Crippen molar-refractivity contribution >= 4 is 11.6 Å². The van der Waals surface area contributed by atoms with Gasteiger partial charge in [0.25, 0.3) is 11.6 Å². The van der Waals surface area contributed by atoms with Crippen LogP contribution in [-0.4, -0.2) is 16.9 Å². The minimum Gasteiger partial charge on any atom is -0.481 e. The highest BCUT2D eigenvalue weighted by atomic mass is 16.6. The van der Waals surface area contributed by atoms with E-state index in [4.69, 9.17) is 4.74 Å². The third-order valence-electron chi connectivity index (χ3n) is 4.73. The topological polar surface area (TPSA) is 81.5 Å². The molecule has 2 aromatic rings. The first-order chi connectivity index (χ1) is 12.5. The van der Waals surface area contributed by atoms with Crippen molar-refractivity contribution in [2.24, 2.45) is 0 Å². The Morgan fingerprint density at radius 2 is 2.08 bits per heavy atom. The lowest BCUT2D eigenvalue weighted by Gasteiger charge is -2.27. The van der Waals surface area contributed by atoms with E-state index in [2.05, 4.69) is 17.4 Å². The molecular weight excluding hydrogens is 332 g/mol. The quantitative estimate of drug-likeness (QED) is 0.653. The summed E-state index contributed by atoms with van der Waals surface area (Å²) >= 11 is 0. The summed E-state index contributed by atoms with van der Waals surface area (Å²) in [5.74, 6) is 0.252. The number of fused-ring (bicyclic) bond motifs is 1. The van der Waals surface area contributed by atoms with Gasteiger partial charge in [0.05, 0.1) is 11.0 Å². The van der Waals surface area contributed by atoms with E-state index >= 15 is 0 Å². The number of nitro benzene ring substituents is 1. The summed E-state index contributed by atoms with van der Waals surface area (Å²) in [7, 11) is 0. The summed E-state index contributed by atoms with van der Waals surface area (Å²) in [6.45, 7) is 3.33. The molecule has 2 unspecified atom stereocenters. The number of carbonyl (C=O) groups is 1. The second-order valence-electron chi connectivity index (χ2n) is 6.62. The Labute approximate surface area is 152 Å². The molecule has 0 fully saturated rings. The number of benzene rings is 2. The number of aryl methyl sites for hydroxylation is 2. The van der Waals surface area contributed by atoms with Crippen LogP contribution in [0.5, 0.6) is 5.75 Å². The SMILES string of the molecule is Cc1cc(OC(C)C(=O)NC2CCCc3ccccc32)ccc1[N+](=O)[O-]. The zero-order chi connectivity index (χ0) is 18.7. The Hall–Kier alpha value is -2.89. The van der Waals surface area contributed by atoms with Crippen LogP contribution in [0.4, 0.5) is 5.69 Å². The van der Waals surface area contributed by atoms with Gasteiger partial charge < -0.3 is 10.1 Å². The van der Waals surface area contributed by atoms with Gasteiger partial charge in [0.2, 0.25) is 0 Å². The third-order valence-corrected chi connectivity index (χ3v) is 4.73. The molecule has 1 aliphatic rings. The highest BCUT2D eigenvalue weighted by molar-refractivity contribution is 5.81. The number of hydrogen-bond acceptors (Lipinski definition) is 4. The molecule has 1 amide bonds. The zero-order valence-corrected chi connectivity index (χ0v) is 14.9. The standard InChI is InChI=1S/C20H22N2O4/c1-13-12-16(10-11-19(13)22(24)25)26-14(2)20(23)21-18-9-5-7-15-6-3-4-8-17(15)18/h3-4,6,8,10-12,14,18H,5,7,9H2,1-2H3,(H,21,23). The summed E-state index contributed by atoms with van der Waals surface area (Å²) in [5, 5.41) is 14.0. The summed E-state index contributed by atoms with van der Waals surface area (Å²) in [6.07, 6.45) is 2.30. The molecule has 1 N–H and O–H groups in total. The maximum Gasteiger partial charge on any atom is 0.272 e. The van der Waals surface area contributed by atoms with E-state index in [1.54, 1.807) is 19.9 Å². The Kier molecular flexibility index (Phi) is 5.21. The zero-order valence-electron chi connectivity index (χ0n) is 14.9. The number of carbonyl (C=O) groups excluding carboxylic acids is 1. The van der Waals surface area contributed by atoms with Crippen molar-refractivity contribution in [2.75, 3.05) is 0 Å². The monoisotopic (exact) mass is 354 g/mol. The average Bonchev–Trinajstić information content (AvgIpc) is 2.61. The van der Waals surface area contributed by atoms with Crippen molar-refractivity contribution in [2.45, 2.75) is 45.3 Å². The Morgan fingerprint density at radius 3 is 2.81 bits per heavy atom. The maximum atomic E-state index is 12.5. The summed E-state index contributed by atoms with van der Waals surface area (Å²) < 4.78 is 5.69. The molecule has 0 bridgehead atoms. The molecule has 2 aromatic carbocycles. The fourth-order valence-corrected chi connectivity index (χ4v) is 3.36. The summed E-state index contributed by atoms with van der Waals surface area (Å²) in [6, 6.07) is 12.7. The van der Waals surface area contributed by atoms with Crippen LogP contribution in [0.1, 0.15) is 42.5 Å². The van der Waals surface area contributed by atoms with E-state index < -0.39 is 11.0 Å². The predicted octanol–water partition coefficient (Wildman–Crippen LogP) is 3.86. The Balaban J connectivity index is 1.66. The number of hydrogen-bond donors (Lipinski definition) is 1. The predicted molar refractivity (Wildman–Crippen MR) is 98.2 cm³/mol. The van der Waals surface area contributed by atoms with Crippen molar-refractivity contribution in [3.05, 3.63) is 69.3 Å². The molecule has 0 radical (unpaired) electrons.